The van der Waals surface area contributed by atoms with Gasteiger partial charge in [-0.1, -0.05) is 31.6 Å². The molecule has 112 valence electrons. The van der Waals surface area contributed by atoms with Crippen LogP contribution in [0.25, 0.3) is 10.2 Å². The van der Waals surface area contributed by atoms with E-state index in [9.17, 15) is 4.79 Å². The zero-order valence-electron chi connectivity index (χ0n) is 12.5. The highest BCUT2D eigenvalue weighted by atomic mass is 32.1. The summed E-state index contributed by atoms with van der Waals surface area (Å²) in [5.74, 6) is 0.00608. The number of thiazole rings is 1. The quantitative estimate of drug-likeness (QED) is 0.891. The number of benzene rings is 1. The zero-order chi connectivity index (χ0) is 15.0. The molecule has 1 saturated carbocycles. The Balaban J connectivity index is 1.74. The first kappa shape index (κ1) is 14.3. The summed E-state index contributed by atoms with van der Waals surface area (Å²) < 4.78 is 0.962. The molecule has 3 rings (SSSR count). The predicted octanol–water partition coefficient (Wildman–Crippen LogP) is 3.58. The van der Waals surface area contributed by atoms with Crippen LogP contribution in [0.3, 0.4) is 0 Å². The Kier molecular flexibility index (Phi) is 3.61. The normalized spacial score (nSPS) is 21.3. The van der Waals surface area contributed by atoms with Crippen molar-refractivity contribution in [2.75, 3.05) is 5.73 Å². The standard InChI is InChI=1S/C16H21N3OS/c1-16(2)7-3-4-11(9-16)18-14(20)10-5-6-12-13(8-10)21-15(17)19-12/h5-6,8,11H,3-4,7,9H2,1-2H3,(H2,17,19)(H,18,20). The van der Waals surface area contributed by atoms with Gasteiger partial charge in [-0.3, -0.25) is 4.79 Å². The van der Waals surface area contributed by atoms with Gasteiger partial charge < -0.3 is 11.1 Å². The summed E-state index contributed by atoms with van der Waals surface area (Å²) >= 11 is 1.42. The molecule has 1 amide bonds. The van der Waals surface area contributed by atoms with E-state index in [0.717, 1.165) is 23.1 Å². The highest BCUT2D eigenvalue weighted by Crippen LogP contribution is 2.35. The maximum atomic E-state index is 12.4. The predicted molar refractivity (Wildman–Crippen MR) is 87.5 cm³/mol. The first-order valence-electron chi connectivity index (χ1n) is 7.40. The Hall–Kier alpha value is -1.62. The number of hydrogen-bond donors (Lipinski definition) is 2. The average molecular weight is 303 g/mol. The minimum atomic E-state index is 0.00608. The van der Waals surface area contributed by atoms with Gasteiger partial charge in [0.25, 0.3) is 5.91 Å². The van der Waals surface area contributed by atoms with E-state index < -0.39 is 0 Å². The number of hydrogen-bond acceptors (Lipinski definition) is 4. The van der Waals surface area contributed by atoms with Gasteiger partial charge in [-0.15, -0.1) is 0 Å². The Morgan fingerprint density at radius 1 is 1.48 bits per heavy atom. The number of nitrogens with zero attached hydrogens (tertiary/aromatic N) is 1. The second-order valence-corrected chi connectivity index (χ2v) is 7.73. The third-order valence-electron chi connectivity index (χ3n) is 4.21. The van der Waals surface area contributed by atoms with Crippen LogP contribution >= 0.6 is 11.3 Å². The summed E-state index contributed by atoms with van der Waals surface area (Å²) in [4.78, 5) is 16.6. The minimum Gasteiger partial charge on any atom is -0.375 e. The monoisotopic (exact) mass is 303 g/mol. The van der Waals surface area contributed by atoms with Gasteiger partial charge in [0.2, 0.25) is 0 Å². The molecule has 1 aliphatic carbocycles. The molecule has 0 aliphatic heterocycles. The van der Waals surface area contributed by atoms with Gasteiger partial charge in [0.1, 0.15) is 0 Å². The van der Waals surface area contributed by atoms with Gasteiger partial charge in [0.15, 0.2) is 5.13 Å². The third kappa shape index (κ3) is 3.18. The van der Waals surface area contributed by atoms with E-state index in [1.807, 2.05) is 18.2 Å². The smallest absolute Gasteiger partial charge is 0.251 e. The molecule has 1 heterocycles. The Morgan fingerprint density at radius 2 is 2.29 bits per heavy atom. The fourth-order valence-corrected chi connectivity index (χ4v) is 3.95. The van der Waals surface area contributed by atoms with Crippen LogP contribution < -0.4 is 11.1 Å². The maximum Gasteiger partial charge on any atom is 0.251 e. The van der Waals surface area contributed by atoms with Crippen LogP contribution in [0.4, 0.5) is 5.13 Å². The number of carbonyl (C=O) groups is 1. The van der Waals surface area contributed by atoms with E-state index in [4.69, 9.17) is 5.73 Å². The summed E-state index contributed by atoms with van der Waals surface area (Å²) in [6.07, 6.45) is 4.55. The van der Waals surface area contributed by atoms with Gasteiger partial charge in [0, 0.05) is 11.6 Å². The molecule has 0 bridgehead atoms. The lowest BCUT2D eigenvalue weighted by Gasteiger charge is -2.35. The van der Waals surface area contributed by atoms with E-state index in [1.165, 1.54) is 24.2 Å². The molecule has 4 nitrogen and oxygen atoms in total. The van der Waals surface area contributed by atoms with Crippen molar-refractivity contribution in [3.05, 3.63) is 23.8 Å². The van der Waals surface area contributed by atoms with Crippen molar-refractivity contribution in [2.24, 2.45) is 5.41 Å². The summed E-state index contributed by atoms with van der Waals surface area (Å²) in [6.45, 7) is 4.55. The molecule has 5 heteroatoms. The van der Waals surface area contributed by atoms with Crippen LogP contribution in [-0.4, -0.2) is 16.9 Å². The molecule has 1 unspecified atom stereocenters. The van der Waals surface area contributed by atoms with Crippen molar-refractivity contribution in [1.82, 2.24) is 10.3 Å². The Bertz CT molecular complexity index is 677. The summed E-state index contributed by atoms with van der Waals surface area (Å²) in [5, 5.41) is 3.71. The number of anilines is 1. The van der Waals surface area contributed by atoms with E-state index in [-0.39, 0.29) is 11.9 Å². The molecule has 0 spiro atoms. The number of rotatable bonds is 2. The first-order chi connectivity index (χ1) is 9.93. The van der Waals surface area contributed by atoms with Crippen molar-refractivity contribution in [1.29, 1.82) is 0 Å². The Labute approximate surface area is 128 Å². The lowest BCUT2D eigenvalue weighted by molar-refractivity contribution is 0.0902. The van der Waals surface area contributed by atoms with Crippen molar-refractivity contribution >= 4 is 32.6 Å². The number of nitrogens with two attached hydrogens (primary N) is 1. The summed E-state index contributed by atoms with van der Waals surface area (Å²) in [6, 6.07) is 5.85. The van der Waals surface area contributed by atoms with Gasteiger partial charge in [0.05, 0.1) is 10.2 Å². The van der Waals surface area contributed by atoms with Crippen LogP contribution in [0.1, 0.15) is 49.9 Å². The van der Waals surface area contributed by atoms with E-state index in [2.05, 4.69) is 24.1 Å². The molecule has 1 fully saturated rings. The molecule has 1 atom stereocenters. The van der Waals surface area contributed by atoms with E-state index in [1.54, 1.807) is 0 Å². The number of nitrogens with one attached hydrogen (secondary N) is 1. The van der Waals surface area contributed by atoms with Crippen LogP contribution in [-0.2, 0) is 0 Å². The fraction of sp³-hybridized carbons (Fsp3) is 0.500. The average Bonchev–Trinajstić information content (AvgIpc) is 2.76. The largest absolute Gasteiger partial charge is 0.375 e. The second kappa shape index (κ2) is 5.30. The fourth-order valence-electron chi connectivity index (χ4n) is 3.17. The molecule has 0 radical (unpaired) electrons. The highest BCUT2D eigenvalue weighted by molar-refractivity contribution is 7.22. The summed E-state index contributed by atoms with van der Waals surface area (Å²) in [5.41, 5.74) is 7.57. The Morgan fingerprint density at radius 3 is 3.05 bits per heavy atom. The van der Waals surface area contributed by atoms with Gasteiger partial charge >= 0.3 is 0 Å². The van der Waals surface area contributed by atoms with Gasteiger partial charge in [-0.25, -0.2) is 4.98 Å². The molecular formula is C16H21N3OS. The molecule has 0 saturated heterocycles. The van der Waals surface area contributed by atoms with E-state index in [0.29, 0.717) is 16.1 Å². The lowest BCUT2D eigenvalue weighted by Crippen LogP contribution is -2.40. The number of amides is 1. The van der Waals surface area contributed by atoms with Crippen LogP contribution in [0.2, 0.25) is 0 Å². The van der Waals surface area contributed by atoms with Crippen molar-refractivity contribution in [3.63, 3.8) is 0 Å². The molecular weight excluding hydrogens is 282 g/mol. The molecule has 3 N–H and O–H groups in total. The number of nitrogen functional groups attached to an aromatic ring is 1. The van der Waals surface area contributed by atoms with E-state index >= 15 is 0 Å². The molecule has 1 aromatic carbocycles. The zero-order valence-corrected chi connectivity index (χ0v) is 13.3. The second-order valence-electron chi connectivity index (χ2n) is 6.67. The molecule has 2 aromatic rings. The van der Waals surface area contributed by atoms with Crippen LogP contribution in [0.15, 0.2) is 18.2 Å². The van der Waals surface area contributed by atoms with Crippen LogP contribution in [0, 0.1) is 5.41 Å². The van der Waals surface area contributed by atoms with Gasteiger partial charge in [-0.05, 0) is 42.9 Å². The maximum absolute atomic E-state index is 12.4. The highest BCUT2D eigenvalue weighted by Gasteiger charge is 2.28. The minimum absolute atomic E-state index is 0.00608. The van der Waals surface area contributed by atoms with Gasteiger partial charge in [-0.2, -0.15) is 0 Å². The van der Waals surface area contributed by atoms with Crippen LogP contribution in [0.5, 0.6) is 0 Å². The van der Waals surface area contributed by atoms with Crippen molar-refractivity contribution < 1.29 is 4.79 Å². The van der Waals surface area contributed by atoms with Crippen molar-refractivity contribution in [3.8, 4) is 0 Å². The lowest BCUT2D eigenvalue weighted by atomic mass is 9.75. The molecule has 21 heavy (non-hydrogen) atoms. The first-order valence-corrected chi connectivity index (χ1v) is 8.22. The SMILES string of the molecule is CC1(C)CCCC(NC(=O)c2ccc3nc(N)sc3c2)C1. The third-order valence-corrected chi connectivity index (χ3v) is 5.05. The molecule has 1 aliphatic rings. The number of aromatic nitrogens is 1. The van der Waals surface area contributed by atoms with Crippen molar-refractivity contribution in [2.45, 2.75) is 45.6 Å². The topological polar surface area (TPSA) is 68.0 Å². The summed E-state index contributed by atoms with van der Waals surface area (Å²) in [7, 11) is 0. The number of fused-ring (bicyclic) bond motifs is 1. The molecule has 1 aromatic heterocycles. The number of carbonyl (C=O) groups excluding carboxylic acids is 1.